The lowest BCUT2D eigenvalue weighted by Gasteiger charge is -2.19. The molecule has 3 aromatic rings. The number of amides is 1. The molecule has 0 spiro atoms. The van der Waals surface area contributed by atoms with E-state index in [1.165, 1.54) is 27.2 Å². The molecule has 1 aliphatic rings. The van der Waals surface area contributed by atoms with Crippen molar-refractivity contribution in [3.63, 3.8) is 0 Å². The van der Waals surface area contributed by atoms with E-state index in [2.05, 4.69) is 24.3 Å². The number of rotatable bonds is 21. The Balaban J connectivity index is 0.909. The number of carbonyl (C=O) groups is 2. The second-order valence-corrected chi connectivity index (χ2v) is 10.3. The quantitative estimate of drug-likeness (QED) is 0.123. The van der Waals surface area contributed by atoms with Gasteiger partial charge in [0.25, 0.3) is 0 Å². The predicted octanol–water partition coefficient (Wildman–Crippen LogP) is 4.81. The van der Waals surface area contributed by atoms with Crippen LogP contribution in [0.15, 0.2) is 78.9 Å². The first kappa shape index (κ1) is 34.1. The Morgan fingerprint density at radius 1 is 0.556 bits per heavy atom. The summed E-state index contributed by atoms with van der Waals surface area (Å²) < 4.78 is 38.3. The van der Waals surface area contributed by atoms with E-state index in [0.29, 0.717) is 84.8 Å². The lowest BCUT2D eigenvalue weighted by Crippen LogP contribution is -2.32. The highest BCUT2D eigenvalue weighted by Crippen LogP contribution is 2.44. The number of likely N-dealkylation sites (N-methyl/N-ethyl adjacent to an activating group) is 1. The van der Waals surface area contributed by atoms with Crippen LogP contribution in [0.5, 0.6) is 0 Å². The summed E-state index contributed by atoms with van der Waals surface area (Å²) in [6, 6.07) is 25.4. The minimum atomic E-state index is -0.368. The summed E-state index contributed by atoms with van der Waals surface area (Å²) in [5.41, 5.74) is 5.31. The molecule has 0 bridgehead atoms. The predicted molar refractivity (Wildman–Crippen MR) is 169 cm³/mol. The zero-order chi connectivity index (χ0) is 31.5. The maximum Gasteiger partial charge on any atom is 0.409 e. The van der Waals surface area contributed by atoms with Crippen LogP contribution in [0.2, 0.25) is 0 Å². The van der Waals surface area contributed by atoms with Gasteiger partial charge in [0, 0.05) is 19.5 Å². The summed E-state index contributed by atoms with van der Waals surface area (Å²) in [5, 5.41) is 0. The van der Waals surface area contributed by atoms with Gasteiger partial charge in [0.1, 0.15) is 13.2 Å². The van der Waals surface area contributed by atoms with Crippen molar-refractivity contribution in [2.45, 2.75) is 5.92 Å². The Morgan fingerprint density at radius 2 is 1.00 bits per heavy atom. The average Bonchev–Trinajstić information content (AvgIpc) is 3.40. The van der Waals surface area contributed by atoms with Gasteiger partial charge < -0.3 is 38.1 Å². The largest absolute Gasteiger partial charge is 0.460 e. The number of esters is 1. The Hall–Kier alpha value is -3.80. The van der Waals surface area contributed by atoms with E-state index in [1.54, 1.807) is 31.3 Å². The Labute approximate surface area is 265 Å². The summed E-state index contributed by atoms with van der Waals surface area (Å²) in [6.07, 6.45) is -0.368. The van der Waals surface area contributed by atoms with Crippen LogP contribution in [0.25, 0.3) is 11.1 Å². The van der Waals surface area contributed by atoms with E-state index in [1.807, 2.05) is 30.3 Å². The summed E-state index contributed by atoms with van der Waals surface area (Å²) in [4.78, 5) is 25.9. The third-order valence-corrected chi connectivity index (χ3v) is 7.18. The number of hydrogen-bond donors (Lipinski definition) is 0. The molecular weight excluding hydrogens is 578 g/mol. The SMILES string of the molecule is CN(CCOCCOCCOCCOCCOCCOC(=O)c1ccccc1)C(=O)OCC1c2ccccc2-c2ccccc21. The molecular formula is C35H43NO9. The van der Waals surface area contributed by atoms with Crippen molar-refractivity contribution in [1.82, 2.24) is 4.90 Å². The molecule has 0 unspecified atom stereocenters. The van der Waals surface area contributed by atoms with Gasteiger partial charge in [-0.25, -0.2) is 9.59 Å². The molecule has 0 N–H and O–H groups in total. The van der Waals surface area contributed by atoms with E-state index in [9.17, 15) is 9.59 Å². The van der Waals surface area contributed by atoms with Crippen LogP contribution in [0.3, 0.4) is 0 Å². The van der Waals surface area contributed by atoms with Crippen molar-refractivity contribution >= 4 is 12.1 Å². The molecule has 1 aliphatic carbocycles. The van der Waals surface area contributed by atoms with Gasteiger partial charge in [-0.3, -0.25) is 0 Å². The molecule has 0 saturated heterocycles. The summed E-state index contributed by atoms with van der Waals surface area (Å²) in [5.74, 6) is -0.323. The van der Waals surface area contributed by atoms with Crippen molar-refractivity contribution in [2.75, 3.05) is 92.9 Å². The summed E-state index contributed by atoms with van der Waals surface area (Å²) in [7, 11) is 1.71. The maximum atomic E-state index is 12.6. The first-order valence-electron chi connectivity index (χ1n) is 15.3. The minimum Gasteiger partial charge on any atom is -0.460 e. The molecule has 10 nitrogen and oxygen atoms in total. The Morgan fingerprint density at radius 3 is 1.53 bits per heavy atom. The van der Waals surface area contributed by atoms with Crippen LogP contribution in [-0.4, -0.2) is 110 Å². The van der Waals surface area contributed by atoms with Crippen molar-refractivity contribution in [2.24, 2.45) is 0 Å². The average molecular weight is 622 g/mol. The zero-order valence-electron chi connectivity index (χ0n) is 25.9. The van der Waals surface area contributed by atoms with E-state index in [-0.39, 0.29) is 24.6 Å². The van der Waals surface area contributed by atoms with E-state index >= 15 is 0 Å². The molecule has 3 aromatic carbocycles. The number of fused-ring (bicyclic) bond motifs is 3. The van der Waals surface area contributed by atoms with Crippen LogP contribution in [0, 0.1) is 0 Å². The van der Waals surface area contributed by atoms with Gasteiger partial charge in [0.15, 0.2) is 0 Å². The number of benzene rings is 3. The van der Waals surface area contributed by atoms with Gasteiger partial charge >= 0.3 is 12.1 Å². The molecule has 4 rings (SSSR count). The van der Waals surface area contributed by atoms with Crippen molar-refractivity contribution in [1.29, 1.82) is 0 Å². The van der Waals surface area contributed by atoms with Crippen LogP contribution in [0.4, 0.5) is 4.79 Å². The van der Waals surface area contributed by atoms with Gasteiger partial charge in [-0.2, -0.15) is 0 Å². The highest BCUT2D eigenvalue weighted by molar-refractivity contribution is 5.89. The molecule has 0 heterocycles. The van der Waals surface area contributed by atoms with Crippen LogP contribution in [0.1, 0.15) is 27.4 Å². The molecule has 10 heteroatoms. The molecule has 0 atom stereocenters. The number of carbonyl (C=O) groups excluding carboxylic acids is 2. The van der Waals surface area contributed by atoms with Gasteiger partial charge in [0.05, 0.1) is 71.6 Å². The van der Waals surface area contributed by atoms with Crippen molar-refractivity contribution < 1.29 is 42.7 Å². The smallest absolute Gasteiger partial charge is 0.409 e. The van der Waals surface area contributed by atoms with Crippen LogP contribution < -0.4 is 0 Å². The van der Waals surface area contributed by atoms with Gasteiger partial charge in [-0.15, -0.1) is 0 Å². The van der Waals surface area contributed by atoms with E-state index in [0.717, 1.165) is 0 Å². The first-order valence-corrected chi connectivity index (χ1v) is 15.3. The fourth-order valence-electron chi connectivity index (χ4n) is 4.83. The van der Waals surface area contributed by atoms with Crippen LogP contribution in [-0.2, 0) is 33.2 Å². The topological polar surface area (TPSA) is 102 Å². The second-order valence-electron chi connectivity index (χ2n) is 10.3. The summed E-state index contributed by atoms with van der Waals surface area (Å²) >= 11 is 0. The summed E-state index contributed by atoms with van der Waals surface area (Å²) in [6.45, 7) is 5.13. The standard InChI is InChI=1S/C35H43NO9/c1-36(35(38)45-27-33-31-13-7-5-11-29(31)30-12-6-8-14-32(30)33)15-16-39-17-18-40-19-20-41-21-22-42-23-24-43-25-26-44-34(37)28-9-3-2-4-10-28/h2-14,33H,15-27H2,1H3. The third kappa shape index (κ3) is 11.3. The van der Waals surface area contributed by atoms with Crippen LogP contribution >= 0.6 is 0 Å². The highest BCUT2D eigenvalue weighted by atomic mass is 16.6. The fourth-order valence-corrected chi connectivity index (χ4v) is 4.83. The Bertz CT molecular complexity index is 1260. The number of nitrogens with zero attached hydrogens (tertiary/aromatic N) is 1. The van der Waals surface area contributed by atoms with Gasteiger partial charge in [-0.05, 0) is 34.4 Å². The molecule has 0 radical (unpaired) electrons. The highest BCUT2D eigenvalue weighted by Gasteiger charge is 2.29. The molecule has 0 fully saturated rings. The monoisotopic (exact) mass is 621 g/mol. The lowest BCUT2D eigenvalue weighted by atomic mass is 9.98. The van der Waals surface area contributed by atoms with Gasteiger partial charge in [0.2, 0.25) is 0 Å². The second kappa shape index (κ2) is 19.6. The minimum absolute atomic E-state index is 0.0377. The van der Waals surface area contributed by atoms with Crippen molar-refractivity contribution in [3.8, 4) is 11.1 Å². The normalized spacial score (nSPS) is 12.0. The molecule has 45 heavy (non-hydrogen) atoms. The Kier molecular flexibility index (Phi) is 14.8. The molecule has 0 saturated carbocycles. The number of hydrogen-bond acceptors (Lipinski definition) is 9. The lowest BCUT2D eigenvalue weighted by molar-refractivity contribution is -0.0158. The van der Waals surface area contributed by atoms with E-state index < -0.39 is 0 Å². The third-order valence-electron chi connectivity index (χ3n) is 7.18. The number of ether oxygens (including phenoxy) is 7. The molecule has 1 amide bonds. The molecule has 0 aromatic heterocycles. The van der Waals surface area contributed by atoms with E-state index in [4.69, 9.17) is 33.2 Å². The maximum absolute atomic E-state index is 12.6. The zero-order valence-corrected chi connectivity index (χ0v) is 25.9. The van der Waals surface area contributed by atoms with Gasteiger partial charge in [-0.1, -0.05) is 66.7 Å². The van der Waals surface area contributed by atoms with Crippen molar-refractivity contribution in [3.05, 3.63) is 95.6 Å². The molecule has 242 valence electrons. The first-order chi connectivity index (χ1) is 22.1. The molecule has 0 aliphatic heterocycles. The fraction of sp³-hybridized carbons (Fsp3) is 0.429.